The van der Waals surface area contributed by atoms with Gasteiger partial charge in [0.05, 0.1) is 11.1 Å². The van der Waals surface area contributed by atoms with E-state index < -0.39 is 0 Å². The number of para-hydroxylation sites is 1. The van der Waals surface area contributed by atoms with Gasteiger partial charge >= 0.3 is 0 Å². The molecule has 0 radical (unpaired) electrons. The van der Waals surface area contributed by atoms with Crippen LogP contribution in [0.3, 0.4) is 0 Å². The molecule has 2 aromatic carbocycles. The molecule has 0 saturated heterocycles. The summed E-state index contributed by atoms with van der Waals surface area (Å²) in [5.41, 5.74) is 3.03. The third-order valence-corrected chi connectivity index (χ3v) is 7.75. The molecule has 152 valence electrons. The van der Waals surface area contributed by atoms with Gasteiger partial charge in [0.2, 0.25) is 0 Å². The van der Waals surface area contributed by atoms with E-state index in [9.17, 15) is 9.18 Å². The van der Waals surface area contributed by atoms with Crippen molar-refractivity contribution in [1.29, 1.82) is 0 Å². The molecule has 0 aliphatic heterocycles. The Morgan fingerprint density at radius 3 is 2.70 bits per heavy atom. The highest BCUT2D eigenvalue weighted by atomic mass is 32.2. The number of hydrogen-bond acceptors (Lipinski definition) is 4. The lowest BCUT2D eigenvalue weighted by Crippen LogP contribution is -2.22. The fourth-order valence-electron chi connectivity index (χ4n) is 4.00. The van der Waals surface area contributed by atoms with E-state index in [2.05, 4.69) is 6.92 Å². The van der Waals surface area contributed by atoms with E-state index in [0.29, 0.717) is 16.8 Å². The second-order valence-electron chi connectivity index (χ2n) is 7.82. The van der Waals surface area contributed by atoms with Crippen LogP contribution in [0, 0.1) is 11.7 Å². The minimum Gasteiger partial charge on any atom is -0.268 e. The van der Waals surface area contributed by atoms with Crippen molar-refractivity contribution in [3.05, 3.63) is 86.8 Å². The van der Waals surface area contributed by atoms with E-state index in [4.69, 9.17) is 4.98 Å². The zero-order chi connectivity index (χ0) is 20.7. The Balaban J connectivity index is 1.64. The number of thioether (sulfide) groups is 1. The summed E-state index contributed by atoms with van der Waals surface area (Å²) in [5.74, 6) is 1.02. The van der Waals surface area contributed by atoms with E-state index in [-0.39, 0.29) is 11.4 Å². The Labute approximate surface area is 182 Å². The lowest BCUT2D eigenvalue weighted by Gasteiger charge is -2.17. The Hall–Kier alpha value is -2.44. The third kappa shape index (κ3) is 3.59. The van der Waals surface area contributed by atoms with E-state index in [1.807, 2.05) is 30.3 Å². The summed E-state index contributed by atoms with van der Waals surface area (Å²) >= 11 is 3.18. The number of aryl methyl sites for hydroxylation is 1. The molecule has 1 aliphatic rings. The first-order valence-electron chi connectivity index (χ1n) is 10.1. The highest BCUT2D eigenvalue weighted by Crippen LogP contribution is 2.37. The standard InChI is InChI=1S/C24H21FN2OS2/c1-15-7-12-19-20(13-15)30-22-21(19)23(28)27(18-5-3-2-4-6-18)24(26-22)29-14-16-8-10-17(25)11-9-16/h2-6,8-11,15H,7,12-14H2,1H3. The zero-order valence-corrected chi connectivity index (χ0v) is 18.2. The third-order valence-electron chi connectivity index (χ3n) is 5.59. The molecular weight excluding hydrogens is 415 g/mol. The molecule has 3 nitrogen and oxygen atoms in total. The summed E-state index contributed by atoms with van der Waals surface area (Å²) < 4.78 is 15.0. The number of nitrogens with zero attached hydrogens (tertiary/aromatic N) is 2. The Morgan fingerprint density at radius 1 is 1.17 bits per heavy atom. The lowest BCUT2D eigenvalue weighted by molar-refractivity contribution is 0.509. The molecule has 4 aromatic rings. The summed E-state index contributed by atoms with van der Waals surface area (Å²) in [4.78, 5) is 20.8. The Kier molecular flexibility index (Phi) is 5.21. The first kappa shape index (κ1) is 19.5. The monoisotopic (exact) mass is 436 g/mol. The predicted molar refractivity (Wildman–Crippen MR) is 122 cm³/mol. The van der Waals surface area contributed by atoms with Crippen LogP contribution in [0.1, 0.15) is 29.3 Å². The first-order chi connectivity index (χ1) is 14.6. The van der Waals surface area contributed by atoms with Crippen LogP contribution < -0.4 is 5.56 Å². The molecular formula is C24H21FN2OS2. The normalized spacial score (nSPS) is 16.0. The van der Waals surface area contributed by atoms with Gasteiger partial charge in [0.25, 0.3) is 5.56 Å². The average Bonchev–Trinajstić information content (AvgIpc) is 3.11. The van der Waals surface area contributed by atoms with Gasteiger partial charge in [-0.25, -0.2) is 9.37 Å². The molecule has 1 aliphatic carbocycles. The summed E-state index contributed by atoms with van der Waals surface area (Å²) in [6, 6.07) is 16.2. The van der Waals surface area contributed by atoms with Gasteiger partial charge in [0, 0.05) is 10.6 Å². The molecule has 5 rings (SSSR count). The molecule has 0 bridgehead atoms. The maximum atomic E-state index is 13.7. The number of benzene rings is 2. The highest BCUT2D eigenvalue weighted by Gasteiger charge is 2.25. The topological polar surface area (TPSA) is 34.9 Å². The van der Waals surface area contributed by atoms with Gasteiger partial charge in [-0.15, -0.1) is 11.3 Å². The van der Waals surface area contributed by atoms with Gasteiger partial charge in [-0.3, -0.25) is 9.36 Å². The number of halogens is 1. The number of aromatic nitrogens is 2. The van der Waals surface area contributed by atoms with Gasteiger partial charge < -0.3 is 0 Å². The van der Waals surface area contributed by atoms with Crippen molar-refractivity contribution < 1.29 is 4.39 Å². The molecule has 0 saturated carbocycles. The van der Waals surface area contributed by atoms with E-state index in [0.717, 1.165) is 40.7 Å². The van der Waals surface area contributed by atoms with Gasteiger partial charge in [-0.2, -0.15) is 0 Å². The van der Waals surface area contributed by atoms with Crippen LogP contribution in [0.2, 0.25) is 0 Å². The summed E-state index contributed by atoms with van der Waals surface area (Å²) in [5, 5.41) is 1.46. The van der Waals surface area contributed by atoms with Crippen molar-refractivity contribution in [3.8, 4) is 5.69 Å². The smallest absolute Gasteiger partial charge is 0.267 e. The van der Waals surface area contributed by atoms with Crippen LogP contribution >= 0.6 is 23.1 Å². The summed E-state index contributed by atoms with van der Waals surface area (Å²) in [6.07, 6.45) is 3.09. The molecule has 1 unspecified atom stereocenters. The predicted octanol–water partition coefficient (Wildman–Crippen LogP) is 6.00. The number of thiophene rings is 1. The van der Waals surface area contributed by atoms with Crippen molar-refractivity contribution >= 4 is 33.3 Å². The molecule has 1 atom stereocenters. The molecule has 2 aromatic heterocycles. The second-order valence-corrected chi connectivity index (χ2v) is 9.84. The van der Waals surface area contributed by atoms with Gasteiger partial charge in [0.1, 0.15) is 10.6 Å². The maximum Gasteiger partial charge on any atom is 0.267 e. The van der Waals surface area contributed by atoms with Crippen LogP contribution in [-0.4, -0.2) is 9.55 Å². The fraction of sp³-hybridized carbons (Fsp3) is 0.250. The lowest BCUT2D eigenvalue weighted by atomic mass is 9.89. The Bertz CT molecular complexity index is 1260. The summed E-state index contributed by atoms with van der Waals surface area (Å²) in [6.45, 7) is 2.27. The molecule has 0 N–H and O–H groups in total. The van der Waals surface area contributed by atoms with Gasteiger partial charge in [0.15, 0.2) is 5.16 Å². The largest absolute Gasteiger partial charge is 0.268 e. The van der Waals surface area contributed by atoms with E-state index in [1.54, 1.807) is 28.0 Å². The van der Waals surface area contributed by atoms with Crippen LogP contribution in [0.5, 0.6) is 0 Å². The fourth-order valence-corrected chi connectivity index (χ4v) is 6.39. The SMILES string of the molecule is CC1CCc2c(sc3nc(SCc4ccc(F)cc4)n(-c4ccccc4)c(=O)c23)C1. The van der Waals surface area contributed by atoms with Crippen molar-refractivity contribution in [1.82, 2.24) is 9.55 Å². The first-order valence-corrected chi connectivity index (χ1v) is 11.9. The van der Waals surface area contributed by atoms with Crippen molar-refractivity contribution in [2.45, 2.75) is 37.1 Å². The van der Waals surface area contributed by atoms with Crippen LogP contribution in [0.15, 0.2) is 64.5 Å². The van der Waals surface area contributed by atoms with Crippen LogP contribution in [-0.2, 0) is 18.6 Å². The van der Waals surface area contributed by atoms with Gasteiger partial charge in [-0.1, -0.05) is 49.0 Å². The molecule has 0 spiro atoms. The van der Waals surface area contributed by atoms with Crippen molar-refractivity contribution in [2.75, 3.05) is 0 Å². The van der Waals surface area contributed by atoms with Crippen molar-refractivity contribution in [2.24, 2.45) is 5.92 Å². The molecule has 2 heterocycles. The molecule has 6 heteroatoms. The molecule has 0 amide bonds. The Morgan fingerprint density at radius 2 is 1.93 bits per heavy atom. The second kappa shape index (κ2) is 8.00. The maximum absolute atomic E-state index is 13.7. The van der Waals surface area contributed by atoms with Crippen molar-refractivity contribution in [3.63, 3.8) is 0 Å². The summed E-state index contributed by atoms with van der Waals surface area (Å²) in [7, 11) is 0. The number of hydrogen-bond donors (Lipinski definition) is 0. The van der Waals surface area contributed by atoms with E-state index in [1.165, 1.54) is 34.3 Å². The average molecular weight is 437 g/mol. The molecule has 0 fully saturated rings. The van der Waals surface area contributed by atoms with Crippen LogP contribution in [0.25, 0.3) is 15.9 Å². The minimum absolute atomic E-state index is 0.0138. The quantitative estimate of drug-likeness (QED) is 0.291. The highest BCUT2D eigenvalue weighted by molar-refractivity contribution is 7.98. The minimum atomic E-state index is -0.247. The number of fused-ring (bicyclic) bond motifs is 3. The van der Waals surface area contributed by atoms with E-state index >= 15 is 0 Å². The molecule has 30 heavy (non-hydrogen) atoms. The van der Waals surface area contributed by atoms with Crippen LogP contribution in [0.4, 0.5) is 4.39 Å². The van der Waals surface area contributed by atoms with Gasteiger partial charge in [-0.05, 0) is 60.6 Å². The zero-order valence-electron chi connectivity index (χ0n) is 16.6. The number of rotatable bonds is 4.